The Balaban J connectivity index is 2.28. The normalized spacial score (nSPS) is 9.58. The minimum Gasteiger partial charge on any atom is -0.320 e. The average Bonchev–Trinajstić information content (AvgIpc) is 2.92. The lowest BCUT2D eigenvalue weighted by Crippen LogP contribution is -2.11. The molecule has 0 radical (unpaired) electrons. The van der Waals surface area contributed by atoms with Gasteiger partial charge in [-0.1, -0.05) is 22.4 Å². The second kappa shape index (κ2) is 6.09. The van der Waals surface area contributed by atoms with E-state index in [4.69, 9.17) is 5.73 Å². The van der Waals surface area contributed by atoms with Gasteiger partial charge < -0.3 is 11.1 Å². The van der Waals surface area contributed by atoms with Gasteiger partial charge in [0, 0.05) is 5.56 Å². The molecule has 0 aliphatic rings. The van der Waals surface area contributed by atoms with Gasteiger partial charge in [-0.05, 0) is 36.2 Å². The zero-order chi connectivity index (χ0) is 13.7. The van der Waals surface area contributed by atoms with E-state index in [2.05, 4.69) is 26.7 Å². The zero-order valence-electron chi connectivity index (χ0n) is 10.3. The van der Waals surface area contributed by atoms with Crippen LogP contribution in [0.25, 0.3) is 0 Å². The van der Waals surface area contributed by atoms with Crippen molar-refractivity contribution in [1.29, 1.82) is 0 Å². The molecule has 0 saturated heterocycles. The minimum atomic E-state index is -0.239. The molecule has 6 heteroatoms. The van der Waals surface area contributed by atoms with E-state index in [9.17, 15) is 4.79 Å². The van der Waals surface area contributed by atoms with Gasteiger partial charge in [0.05, 0.1) is 18.4 Å². The molecule has 1 aromatic carbocycles. The smallest absolute Gasteiger partial charge is 0.269 e. The quantitative estimate of drug-likeness (QED) is 0.810. The number of hydrogen-bond acceptors (Lipinski definition) is 5. The first-order valence-corrected chi connectivity index (χ1v) is 6.36. The monoisotopic (exact) mass is 272 g/mol. The first-order chi connectivity index (χ1) is 9.20. The topological polar surface area (TPSA) is 80.9 Å². The molecule has 19 heavy (non-hydrogen) atoms. The Morgan fingerprint density at radius 2 is 2.37 bits per heavy atom. The van der Waals surface area contributed by atoms with E-state index in [1.54, 1.807) is 0 Å². The van der Waals surface area contributed by atoms with Gasteiger partial charge in [-0.15, -0.1) is 5.10 Å². The van der Waals surface area contributed by atoms with E-state index in [1.165, 1.54) is 6.20 Å². The summed E-state index contributed by atoms with van der Waals surface area (Å²) in [6.07, 6.45) is 1.43. The van der Waals surface area contributed by atoms with Gasteiger partial charge in [0.25, 0.3) is 5.91 Å². The number of hydrogen-bond donors (Lipinski definition) is 2. The summed E-state index contributed by atoms with van der Waals surface area (Å²) in [4.78, 5) is 12.4. The SMILES string of the molecule is Cc1ccc(C#CCN)c(NC(=O)c2cnns2)c1. The Labute approximate surface area is 115 Å². The molecule has 0 saturated carbocycles. The van der Waals surface area contributed by atoms with Crippen molar-refractivity contribution in [1.82, 2.24) is 9.59 Å². The predicted octanol–water partition coefficient (Wildman–Crippen LogP) is 1.41. The Bertz CT molecular complexity index is 640. The summed E-state index contributed by atoms with van der Waals surface area (Å²) in [5, 5.41) is 6.45. The van der Waals surface area contributed by atoms with Crippen molar-refractivity contribution in [2.24, 2.45) is 5.73 Å². The fourth-order valence-electron chi connectivity index (χ4n) is 1.47. The Morgan fingerprint density at radius 3 is 3.05 bits per heavy atom. The van der Waals surface area contributed by atoms with Crippen LogP contribution in [0.2, 0.25) is 0 Å². The molecule has 1 amide bonds. The van der Waals surface area contributed by atoms with Gasteiger partial charge >= 0.3 is 0 Å². The van der Waals surface area contributed by atoms with E-state index in [0.29, 0.717) is 10.6 Å². The molecule has 2 rings (SSSR count). The molecule has 0 bridgehead atoms. The molecule has 3 N–H and O–H groups in total. The van der Waals surface area contributed by atoms with Crippen molar-refractivity contribution in [3.8, 4) is 11.8 Å². The Hall–Kier alpha value is -2.23. The molecular formula is C13H12N4OS. The fourth-order valence-corrected chi connectivity index (χ4v) is 1.88. The standard InChI is InChI=1S/C13H12N4OS/c1-9-4-5-10(3-2-6-14)11(7-9)16-13(18)12-8-15-17-19-12/h4-5,7-8H,6,14H2,1H3,(H,16,18). The van der Waals surface area contributed by atoms with Crippen LogP contribution in [-0.2, 0) is 0 Å². The lowest BCUT2D eigenvalue weighted by Gasteiger charge is -2.07. The number of anilines is 1. The van der Waals surface area contributed by atoms with E-state index in [1.807, 2.05) is 25.1 Å². The van der Waals surface area contributed by atoms with Gasteiger partial charge in [0.1, 0.15) is 4.88 Å². The van der Waals surface area contributed by atoms with Crippen molar-refractivity contribution < 1.29 is 4.79 Å². The van der Waals surface area contributed by atoms with Crippen molar-refractivity contribution in [2.45, 2.75) is 6.92 Å². The lowest BCUT2D eigenvalue weighted by atomic mass is 10.1. The molecule has 0 fully saturated rings. The number of amides is 1. The summed E-state index contributed by atoms with van der Waals surface area (Å²) in [6.45, 7) is 2.23. The molecule has 1 heterocycles. The lowest BCUT2D eigenvalue weighted by molar-refractivity contribution is 0.103. The summed E-state index contributed by atoms with van der Waals surface area (Å²) < 4.78 is 3.66. The number of carbonyl (C=O) groups is 1. The van der Waals surface area contributed by atoms with Crippen LogP contribution in [0.1, 0.15) is 20.8 Å². The summed E-state index contributed by atoms with van der Waals surface area (Å²) >= 11 is 1.05. The molecule has 0 spiro atoms. The molecule has 2 aromatic rings. The molecule has 1 aromatic heterocycles. The van der Waals surface area contributed by atoms with Crippen LogP contribution in [0.15, 0.2) is 24.4 Å². The summed E-state index contributed by atoms with van der Waals surface area (Å²) in [5.41, 5.74) is 7.80. The number of aryl methyl sites for hydroxylation is 1. The number of carbonyl (C=O) groups excluding carboxylic acids is 1. The van der Waals surface area contributed by atoms with Crippen molar-refractivity contribution >= 4 is 23.1 Å². The maximum atomic E-state index is 12.0. The third kappa shape index (κ3) is 3.37. The molecule has 5 nitrogen and oxygen atoms in total. The second-order valence-corrected chi connectivity index (χ2v) is 4.58. The van der Waals surface area contributed by atoms with Gasteiger partial charge in [-0.2, -0.15) is 0 Å². The maximum absolute atomic E-state index is 12.0. The summed E-state index contributed by atoms with van der Waals surface area (Å²) in [7, 11) is 0. The number of benzene rings is 1. The average molecular weight is 272 g/mol. The van der Waals surface area contributed by atoms with Crippen LogP contribution in [-0.4, -0.2) is 22.0 Å². The highest BCUT2D eigenvalue weighted by Crippen LogP contribution is 2.18. The second-order valence-electron chi connectivity index (χ2n) is 3.79. The Kier molecular flexibility index (Phi) is 4.23. The first kappa shape index (κ1) is 13.2. The predicted molar refractivity (Wildman–Crippen MR) is 75.0 cm³/mol. The largest absolute Gasteiger partial charge is 0.320 e. The minimum absolute atomic E-state index is 0.239. The van der Waals surface area contributed by atoms with E-state index >= 15 is 0 Å². The highest BCUT2D eigenvalue weighted by atomic mass is 32.1. The third-order valence-corrected chi connectivity index (χ3v) is 3.00. The van der Waals surface area contributed by atoms with Crippen LogP contribution in [0.5, 0.6) is 0 Å². The van der Waals surface area contributed by atoms with Gasteiger partial charge in [-0.25, -0.2) is 0 Å². The van der Waals surface area contributed by atoms with E-state index in [0.717, 1.165) is 22.7 Å². The van der Waals surface area contributed by atoms with Gasteiger partial charge in [-0.3, -0.25) is 4.79 Å². The number of nitrogens with two attached hydrogens (primary N) is 1. The van der Waals surface area contributed by atoms with Crippen LogP contribution in [0.3, 0.4) is 0 Å². The van der Waals surface area contributed by atoms with E-state index in [-0.39, 0.29) is 12.5 Å². The third-order valence-electron chi connectivity index (χ3n) is 2.33. The first-order valence-electron chi connectivity index (χ1n) is 5.59. The molecule has 96 valence electrons. The van der Waals surface area contributed by atoms with Crippen LogP contribution < -0.4 is 11.1 Å². The molecular weight excluding hydrogens is 260 g/mol. The van der Waals surface area contributed by atoms with Crippen LogP contribution in [0, 0.1) is 18.8 Å². The van der Waals surface area contributed by atoms with Gasteiger partial charge in [0.2, 0.25) is 0 Å². The van der Waals surface area contributed by atoms with Crippen molar-refractivity contribution in [2.75, 3.05) is 11.9 Å². The van der Waals surface area contributed by atoms with Crippen molar-refractivity contribution in [3.05, 3.63) is 40.4 Å². The van der Waals surface area contributed by atoms with E-state index < -0.39 is 0 Å². The fraction of sp³-hybridized carbons (Fsp3) is 0.154. The van der Waals surface area contributed by atoms with Gasteiger partial charge in [0.15, 0.2) is 0 Å². The number of aromatic nitrogens is 2. The summed E-state index contributed by atoms with van der Waals surface area (Å²) in [6, 6.07) is 5.66. The van der Waals surface area contributed by atoms with Crippen LogP contribution in [0.4, 0.5) is 5.69 Å². The number of rotatable bonds is 2. The summed E-state index contributed by atoms with van der Waals surface area (Å²) in [5.74, 6) is 5.47. The Morgan fingerprint density at radius 1 is 1.53 bits per heavy atom. The highest BCUT2D eigenvalue weighted by molar-refractivity contribution is 7.07. The molecule has 0 aliphatic heterocycles. The highest BCUT2D eigenvalue weighted by Gasteiger charge is 2.10. The maximum Gasteiger partial charge on any atom is 0.269 e. The van der Waals surface area contributed by atoms with Crippen molar-refractivity contribution in [3.63, 3.8) is 0 Å². The zero-order valence-corrected chi connectivity index (χ0v) is 11.1. The molecule has 0 aliphatic carbocycles. The number of nitrogens with one attached hydrogen (secondary N) is 1. The molecule has 0 atom stereocenters. The van der Waals surface area contributed by atoms with Crippen LogP contribution >= 0.6 is 11.5 Å². The molecule has 0 unspecified atom stereocenters. The number of nitrogens with zero attached hydrogens (tertiary/aromatic N) is 2.